The van der Waals surface area contributed by atoms with Crippen LogP contribution in [0.5, 0.6) is 0 Å². The fraction of sp³-hybridized carbons (Fsp3) is 0.100. The van der Waals surface area contributed by atoms with E-state index >= 15 is 0 Å². The number of oxazole rings is 1. The molecule has 0 aliphatic heterocycles. The van der Waals surface area contributed by atoms with E-state index in [2.05, 4.69) is 20.9 Å². The third-order valence-electron chi connectivity index (χ3n) is 2.01. The quantitative estimate of drug-likeness (QED) is 0.871. The lowest BCUT2D eigenvalue weighted by Crippen LogP contribution is -1.84. The van der Waals surface area contributed by atoms with Gasteiger partial charge in [0.1, 0.15) is 11.5 Å². The molecule has 1 aromatic carbocycles. The van der Waals surface area contributed by atoms with Crippen molar-refractivity contribution in [3.05, 3.63) is 33.5 Å². The van der Waals surface area contributed by atoms with E-state index in [1.807, 2.05) is 19.1 Å². The number of halogens is 2. The number of nitrogen functional groups attached to an aromatic ring is 1. The summed E-state index contributed by atoms with van der Waals surface area (Å²) in [6.07, 6.45) is 0. The van der Waals surface area contributed by atoms with Crippen molar-refractivity contribution in [2.45, 2.75) is 6.92 Å². The van der Waals surface area contributed by atoms with Crippen LogP contribution >= 0.6 is 27.5 Å². The van der Waals surface area contributed by atoms with Crippen molar-refractivity contribution in [3.63, 3.8) is 0 Å². The molecule has 78 valence electrons. The molecule has 1 heterocycles. The summed E-state index contributed by atoms with van der Waals surface area (Å²) in [7, 11) is 0. The van der Waals surface area contributed by atoms with Crippen molar-refractivity contribution in [2.24, 2.45) is 0 Å². The largest absolute Gasteiger partial charge is 0.429 e. The van der Waals surface area contributed by atoms with E-state index in [-0.39, 0.29) is 6.01 Å². The highest BCUT2D eigenvalue weighted by atomic mass is 79.9. The Labute approximate surface area is 100 Å². The molecule has 2 rings (SSSR count). The topological polar surface area (TPSA) is 52.0 Å². The molecular formula is C10H8BrClN2O. The zero-order valence-corrected chi connectivity index (χ0v) is 10.3. The first kappa shape index (κ1) is 10.5. The fourth-order valence-electron chi connectivity index (χ4n) is 1.33. The average Bonchev–Trinajstić information content (AvgIpc) is 2.50. The summed E-state index contributed by atoms with van der Waals surface area (Å²) < 4.78 is 5.98. The van der Waals surface area contributed by atoms with Crippen LogP contribution in [0.1, 0.15) is 5.76 Å². The van der Waals surface area contributed by atoms with Crippen LogP contribution in [-0.4, -0.2) is 4.98 Å². The molecule has 0 spiro atoms. The SMILES string of the molecule is Cc1oc(N)nc1-c1ccc(Cl)c(Br)c1. The van der Waals surface area contributed by atoms with Crippen molar-refractivity contribution >= 4 is 33.5 Å². The smallest absolute Gasteiger partial charge is 0.292 e. The maximum absolute atomic E-state index is 5.90. The second-order valence-corrected chi connectivity index (χ2v) is 4.35. The van der Waals surface area contributed by atoms with Gasteiger partial charge in [-0.2, -0.15) is 4.98 Å². The van der Waals surface area contributed by atoms with E-state index in [9.17, 15) is 0 Å². The average molecular weight is 288 g/mol. The standard InChI is InChI=1S/C10H8BrClN2O/c1-5-9(14-10(13)15-5)6-2-3-8(12)7(11)4-6/h2-4H,1H3,(H2,13,14). The normalized spacial score (nSPS) is 10.6. The number of nitrogens with two attached hydrogens (primary N) is 1. The summed E-state index contributed by atoms with van der Waals surface area (Å²) in [4.78, 5) is 4.10. The van der Waals surface area contributed by atoms with E-state index in [1.165, 1.54) is 0 Å². The summed E-state index contributed by atoms with van der Waals surface area (Å²) in [6.45, 7) is 1.82. The molecule has 0 saturated heterocycles. The van der Waals surface area contributed by atoms with Crippen LogP contribution in [0.4, 0.5) is 6.01 Å². The van der Waals surface area contributed by atoms with E-state index < -0.39 is 0 Å². The molecule has 0 radical (unpaired) electrons. The monoisotopic (exact) mass is 286 g/mol. The Morgan fingerprint density at radius 1 is 1.47 bits per heavy atom. The molecule has 0 saturated carbocycles. The fourth-order valence-corrected chi connectivity index (χ4v) is 1.82. The minimum Gasteiger partial charge on any atom is -0.429 e. The lowest BCUT2D eigenvalue weighted by molar-refractivity contribution is 0.549. The Morgan fingerprint density at radius 3 is 2.73 bits per heavy atom. The van der Waals surface area contributed by atoms with Gasteiger partial charge in [-0.25, -0.2) is 0 Å². The van der Waals surface area contributed by atoms with Crippen LogP contribution in [0.25, 0.3) is 11.3 Å². The highest BCUT2D eigenvalue weighted by Gasteiger charge is 2.10. The molecular weight excluding hydrogens is 279 g/mol. The molecule has 15 heavy (non-hydrogen) atoms. The summed E-state index contributed by atoms with van der Waals surface area (Å²) >= 11 is 9.25. The van der Waals surface area contributed by atoms with Crippen molar-refractivity contribution < 1.29 is 4.42 Å². The Hall–Kier alpha value is -1.000. The second kappa shape index (κ2) is 3.87. The Morgan fingerprint density at radius 2 is 2.20 bits per heavy atom. The van der Waals surface area contributed by atoms with Gasteiger partial charge >= 0.3 is 0 Å². The summed E-state index contributed by atoms with van der Waals surface area (Å²) in [5.41, 5.74) is 7.13. The number of nitrogens with zero attached hydrogens (tertiary/aromatic N) is 1. The van der Waals surface area contributed by atoms with Crippen LogP contribution in [0.3, 0.4) is 0 Å². The predicted octanol–water partition coefficient (Wildman–Crippen LogP) is 3.65. The van der Waals surface area contributed by atoms with Crippen LogP contribution < -0.4 is 5.73 Å². The zero-order valence-electron chi connectivity index (χ0n) is 7.92. The molecule has 3 nitrogen and oxygen atoms in total. The van der Waals surface area contributed by atoms with Crippen LogP contribution in [0.2, 0.25) is 5.02 Å². The number of benzene rings is 1. The number of anilines is 1. The van der Waals surface area contributed by atoms with E-state index in [1.54, 1.807) is 6.07 Å². The number of hydrogen-bond acceptors (Lipinski definition) is 3. The maximum atomic E-state index is 5.90. The molecule has 5 heteroatoms. The van der Waals surface area contributed by atoms with Gasteiger partial charge < -0.3 is 10.2 Å². The third-order valence-corrected chi connectivity index (χ3v) is 3.22. The van der Waals surface area contributed by atoms with Gasteiger partial charge in [0.25, 0.3) is 6.01 Å². The van der Waals surface area contributed by atoms with Gasteiger partial charge in [0, 0.05) is 10.0 Å². The molecule has 0 aliphatic rings. The lowest BCUT2D eigenvalue weighted by atomic mass is 10.1. The first-order valence-corrected chi connectivity index (χ1v) is 5.43. The molecule has 2 aromatic rings. The first-order chi connectivity index (χ1) is 7.08. The van der Waals surface area contributed by atoms with Gasteiger partial charge in [-0.05, 0) is 35.0 Å². The van der Waals surface area contributed by atoms with Gasteiger partial charge in [-0.3, -0.25) is 0 Å². The zero-order chi connectivity index (χ0) is 11.0. The predicted molar refractivity (Wildman–Crippen MR) is 63.8 cm³/mol. The summed E-state index contributed by atoms with van der Waals surface area (Å²) in [5.74, 6) is 0.696. The Balaban J connectivity index is 2.54. The summed E-state index contributed by atoms with van der Waals surface area (Å²) in [5, 5.41) is 0.660. The highest BCUT2D eigenvalue weighted by Crippen LogP contribution is 2.30. The van der Waals surface area contributed by atoms with Crippen molar-refractivity contribution in [2.75, 3.05) is 5.73 Å². The highest BCUT2D eigenvalue weighted by molar-refractivity contribution is 9.10. The minimum absolute atomic E-state index is 0.175. The molecule has 0 bridgehead atoms. The van der Waals surface area contributed by atoms with Gasteiger partial charge in [-0.1, -0.05) is 17.7 Å². The number of aryl methyl sites for hydroxylation is 1. The van der Waals surface area contributed by atoms with Crippen LogP contribution in [0.15, 0.2) is 27.1 Å². The molecule has 2 N–H and O–H groups in total. The molecule has 0 aliphatic carbocycles. The van der Waals surface area contributed by atoms with Gasteiger partial charge in [0.2, 0.25) is 0 Å². The molecule has 0 amide bonds. The van der Waals surface area contributed by atoms with Gasteiger partial charge in [0.05, 0.1) is 5.02 Å². The maximum Gasteiger partial charge on any atom is 0.292 e. The first-order valence-electron chi connectivity index (χ1n) is 4.26. The molecule has 0 unspecified atom stereocenters. The Kier molecular flexibility index (Phi) is 2.71. The molecule has 0 atom stereocenters. The number of rotatable bonds is 1. The second-order valence-electron chi connectivity index (χ2n) is 3.09. The van der Waals surface area contributed by atoms with Gasteiger partial charge in [-0.15, -0.1) is 0 Å². The van der Waals surface area contributed by atoms with Crippen LogP contribution in [-0.2, 0) is 0 Å². The van der Waals surface area contributed by atoms with E-state index in [0.717, 1.165) is 15.7 Å². The van der Waals surface area contributed by atoms with Gasteiger partial charge in [0.15, 0.2) is 0 Å². The number of aromatic nitrogens is 1. The Bertz CT molecular complexity index is 510. The van der Waals surface area contributed by atoms with E-state index in [0.29, 0.717) is 10.8 Å². The van der Waals surface area contributed by atoms with Crippen LogP contribution in [0, 0.1) is 6.92 Å². The molecule has 0 fully saturated rings. The number of hydrogen-bond donors (Lipinski definition) is 1. The third kappa shape index (κ3) is 2.01. The summed E-state index contributed by atoms with van der Waals surface area (Å²) in [6, 6.07) is 5.73. The van der Waals surface area contributed by atoms with E-state index in [4.69, 9.17) is 21.8 Å². The van der Waals surface area contributed by atoms with Crippen molar-refractivity contribution in [3.8, 4) is 11.3 Å². The molecule has 1 aromatic heterocycles. The minimum atomic E-state index is 0.175. The van der Waals surface area contributed by atoms with Crippen molar-refractivity contribution in [1.82, 2.24) is 4.98 Å². The lowest BCUT2D eigenvalue weighted by Gasteiger charge is -2.00. The van der Waals surface area contributed by atoms with Crippen molar-refractivity contribution in [1.29, 1.82) is 0 Å².